The maximum atomic E-state index is 4.62. The average molecular weight is 282 g/mol. The molecule has 2 heteroatoms. The molecule has 2 unspecified atom stereocenters. The summed E-state index contributed by atoms with van der Waals surface area (Å²) >= 11 is 0. The minimum absolute atomic E-state index is 0.864. The van der Waals surface area contributed by atoms with E-state index in [0.717, 1.165) is 36.1 Å². The van der Waals surface area contributed by atoms with Gasteiger partial charge in [0.1, 0.15) is 0 Å². The van der Waals surface area contributed by atoms with Gasteiger partial charge in [0.2, 0.25) is 0 Å². The van der Waals surface area contributed by atoms with Crippen LogP contribution in [0.2, 0.25) is 0 Å². The third kappa shape index (κ3) is 3.62. The van der Waals surface area contributed by atoms with E-state index in [9.17, 15) is 0 Å². The molecule has 21 heavy (non-hydrogen) atoms. The number of nitrogens with one attached hydrogen (secondary N) is 1. The Balaban J connectivity index is 1.65. The molecule has 1 saturated carbocycles. The fourth-order valence-electron chi connectivity index (χ4n) is 3.70. The third-order valence-corrected chi connectivity index (χ3v) is 4.72. The van der Waals surface area contributed by atoms with Crippen molar-refractivity contribution in [3.05, 3.63) is 41.6 Å². The van der Waals surface area contributed by atoms with E-state index in [4.69, 9.17) is 0 Å². The van der Waals surface area contributed by atoms with Crippen molar-refractivity contribution in [1.82, 2.24) is 10.3 Å². The van der Waals surface area contributed by atoms with Gasteiger partial charge in [-0.2, -0.15) is 0 Å². The molecule has 0 aliphatic heterocycles. The minimum Gasteiger partial charge on any atom is -0.312 e. The summed E-state index contributed by atoms with van der Waals surface area (Å²) in [6.07, 6.45) is 5.62. The van der Waals surface area contributed by atoms with Gasteiger partial charge in [0.05, 0.1) is 5.52 Å². The van der Waals surface area contributed by atoms with Crippen LogP contribution >= 0.6 is 0 Å². The van der Waals surface area contributed by atoms with Crippen molar-refractivity contribution in [1.29, 1.82) is 0 Å². The van der Waals surface area contributed by atoms with Gasteiger partial charge < -0.3 is 5.32 Å². The van der Waals surface area contributed by atoms with Crippen LogP contribution in [0, 0.1) is 18.8 Å². The summed E-state index contributed by atoms with van der Waals surface area (Å²) in [7, 11) is 0. The van der Waals surface area contributed by atoms with Crippen LogP contribution in [0.5, 0.6) is 0 Å². The average Bonchev–Trinajstić information content (AvgIpc) is 2.47. The molecule has 1 aromatic carbocycles. The molecule has 0 radical (unpaired) electrons. The number of aryl methyl sites for hydroxylation is 1. The first-order chi connectivity index (χ1) is 10.2. The van der Waals surface area contributed by atoms with Gasteiger partial charge in [-0.1, -0.05) is 38.0 Å². The summed E-state index contributed by atoms with van der Waals surface area (Å²) in [4.78, 5) is 4.62. The topological polar surface area (TPSA) is 24.9 Å². The number of aromatic nitrogens is 1. The fourth-order valence-corrected chi connectivity index (χ4v) is 3.70. The van der Waals surface area contributed by atoms with Gasteiger partial charge >= 0.3 is 0 Å². The molecule has 2 atom stereocenters. The maximum Gasteiger partial charge on any atom is 0.0708 e. The van der Waals surface area contributed by atoms with E-state index < -0.39 is 0 Å². The number of rotatable bonds is 4. The number of fused-ring (bicyclic) bond motifs is 1. The maximum absolute atomic E-state index is 4.62. The van der Waals surface area contributed by atoms with Gasteiger partial charge in [0, 0.05) is 17.6 Å². The van der Waals surface area contributed by atoms with E-state index in [1.807, 2.05) is 0 Å². The summed E-state index contributed by atoms with van der Waals surface area (Å²) in [6.45, 7) is 6.58. The Kier molecular flexibility index (Phi) is 4.54. The van der Waals surface area contributed by atoms with Crippen LogP contribution in [-0.2, 0) is 6.54 Å². The van der Waals surface area contributed by atoms with Crippen molar-refractivity contribution in [2.24, 2.45) is 11.8 Å². The monoisotopic (exact) mass is 282 g/mol. The lowest BCUT2D eigenvalue weighted by molar-refractivity contribution is 0.274. The Morgan fingerprint density at radius 3 is 2.95 bits per heavy atom. The highest BCUT2D eigenvalue weighted by Crippen LogP contribution is 2.28. The second-order valence-corrected chi connectivity index (χ2v) is 6.71. The largest absolute Gasteiger partial charge is 0.312 e. The molecule has 1 N–H and O–H groups in total. The van der Waals surface area contributed by atoms with Crippen molar-refractivity contribution in [2.75, 3.05) is 6.54 Å². The molecule has 0 saturated heterocycles. The van der Waals surface area contributed by atoms with E-state index >= 15 is 0 Å². The Hall–Kier alpha value is -1.41. The molecule has 112 valence electrons. The quantitative estimate of drug-likeness (QED) is 0.895. The van der Waals surface area contributed by atoms with Crippen molar-refractivity contribution < 1.29 is 0 Å². The van der Waals surface area contributed by atoms with Gasteiger partial charge in [0.15, 0.2) is 0 Å². The van der Waals surface area contributed by atoms with E-state index in [1.165, 1.54) is 36.6 Å². The standard InChI is InChI=1S/C19H26N2/c1-14-6-5-7-16(10-14)12-20-13-17-11-15(2)21-19-9-4-3-8-18(17)19/h3-4,8-9,11,14,16,20H,5-7,10,12-13H2,1-2H3. The summed E-state index contributed by atoms with van der Waals surface area (Å²) < 4.78 is 0. The molecule has 2 aromatic rings. The summed E-state index contributed by atoms with van der Waals surface area (Å²) in [5.74, 6) is 1.78. The molecule has 0 amide bonds. The van der Waals surface area contributed by atoms with E-state index in [1.54, 1.807) is 0 Å². The smallest absolute Gasteiger partial charge is 0.0708 e. The number of para-hydroxylation sites is 1. The van der Waals surface area contributed by atoms with Crippen LogP contribution in [0.3, 0.4) is 0 Å². The molecule has 2 nitrogen and oxygen atoms in total. The van der Waals surface area contributed by atoms with E-state index in [2.05, 4.69) is 54.5 Å². The first-order valence-corrected chi connectivity index (χ1v) is 8.28. The van der Waals surface area contributed by atoms with Crippen LogP contribution in [0.25, 0.3) is 10.9 Å². The Labute approximate surface area is 128 Å². The molecule has 1 aliphatic carbocycles. The van der Waals surface area contributed by atoms with Crippen LogP contribution < -0.4 is 5.32 Å². The molecule has 0 bridgehead atoms. The second kappa shape index (κ2) is 6.57. The fraction of sp³-hybridized carbons (Fsp3) is 0.526. The lowest BCUT2D eigenvalue weighted by Gasteiger charge is -2.27. The number of hydrogen-bond donors (Lipinski definition) is 1. The minimum atomic E-state index is 0.864. The van der Waals surface area contributed by atoms with Crippen molar-refractivity contribution in [2.45, 2.75) is 46.1 Å². The molecular formula is C19H26N2. The lowest BCUT2D eigenvalue weighted by atomic mass is 9.82. The van der Waals surface area contributed by atoms with Gasteiger partial charge in [-0.05, 0) is 55.8 Å². The SMILES string of the molecule is Cc1cc(CNCC2CCCC(C)C2)c2ccccc2n1. The molecule has 1 aliphatic rings. The predicted molar refractivity (Wildman–Crippen MR) is 89.3 cm³/mol. The molecule has 1 fully saturated rings. The molecular weight excluding hydrogens is 256 g/mol. The lowest BCUT2D eigenvalue weighted by Crippen LogP contribution is -2.26. The van der Waals surface area contributed by atoms with E-state index in [0.29, 0.717) is 0 Å². The van der Waals surface area contributed by atoms with Gasteiger partial charge in [-0.3, -0.25) is 4.98 Å². The van der Waals surface area contributed by atoms with Crippen molar-refractivity contribution in [3.63, 3.8) is 0 Å². The summed E-state index contributed by atoms with van der Waals surface area (Å²) in [6, 6.07) is 10.7. The zero-order chi connectivity index (χ0) is 14.7. The Morgan fingerprint density at radius 1 is 1.24 bits per heavy atom. The first kappa shape index (κ1) is 14.5. The van der Waals surface area contributed by atoms with Crippen LogP contribution in [0.1, 0.15) is 43.9 Å². The zero-order valence-electron chi connectivity index (χ0n) is 13.2. The van der Waals surface area contributed by atoms with Crippen molar-refractivity contribution >= 4 is 10.9 Å². The highest BCUT2D eigenvalue weighted by molar-refractivity contribution is 5.82. The predicted octanol–water partition coefficient (Wildman–Crippen LogP) is 4.46. The van der Waals surface area contributed by atoms with Gasteiger partial charge in [-0.15, -0.1) is 0 Å². The van der Waals surface area contributed by atoms with Crippen LogP contribution in [0.4, 0.5) is 0 Å². The highest BCUT2D eigenvalue weighted by atomic mass is 14.9. The third-order valence-electron chi connectivity index (χ3n) is 4.72. The zero-order valence-corrected chi connectivity index (χ0v) is 13.2. The molecule has 1 heterocycles. The Morgan fingerprint density at radius 2 is 2.10 bits per heavy atom. The first-order valence-electron chi connectivity index (χ1n) is 8.28. The van der Waals surface area contributed by atoms with Crippen molar-refractivity contribution in [3.8, 4) is 0 Å². The molecule has 1 aromatic heterocycles. The normalized spacial score (nSPS) is 22.6. The number of hydrogen-bond acceptors (Lipinski definition) is 2. The van der Waals surface area contributed by atoms with Crippen LogP contribution in [-0.4, -0.2) is 11.5 Å². The van der Waals surface area contributed by atoms with Crippen LogP contribution in [0.15, 0.2) is 30.3 Å². The highest BCUT2D eigenvalue weighted by Gasteiger charge is 2.18. The molecule has 3 rings (SSSR count). The number of benzene rings is 1. The number of pyridine rings is 1. The van der Waals surface area contributed by atoms with E-state index in [-0.39, 0.29) is 0 Å². The number of nitrogens with zero attached hydrogens (tertiary/aromatic N) is 1. The van der Waals surface area contributed by atoms with Gasteiger partial charge in [-0.25, -0.2) is 0 Å². The Bertz CT molecular complexity index is 606. The summed E-state index contributed by atoms with van der Waals surface area (Å²) in [5.41, 5.74) is 3.60. The second-order valence-electron chi connectivity index (χ2n) is 6.71. The molecule has 0 spiro atoms. The van der Waals surface area contributed by atoms with Gasteiger partial charge in [0.25, 0.3) is 0 Å². The summed E-state index contributed by atoms with van der Waals surface area (Å²) in [5, 5.41) is 4.97.